The average Bonchev–Trinajstić information content (AvgIpc) is 3.12. The van der Waals surface area contributed by atoms with Crippen LogP contribution in [0.5, 0.6) is 0 Å². The van der Waals surface area contributed by atoms with E-state index in [1.165, 1.54) is 0 Å². The smallest absolute Gasteiger partial charge is 0.280 e. The number of nitrogens with zero attached hydrogens (tertiary/aromatic N) is 3. The lowest BCUT2D eigenvalue weighted by atomic mass is 10.1. The van der Waals surface area contributed by atoms with Crippen molar-refractivity contribution in [1.29, 1.82) is 0 Å². The fourth-order valence-corrected chi connectivity index (χ4v) is 5.54. The van der Waals surface area contributed by atoms with Gasteiger partial charge in [0.15, 0.2) is 17.4 Å². The Hall–Kier alpha value is -1.56. The van der Waals surface area contributed by atoms with Gasteiger partial charge in [0.2, 0.25) is 5.95 Å². The van der Waals surface area contributed by atoms with Crippen molar-refractivity contribution < 1.29 is 61.4 Å². The molecule has 2 aromatic heterocycles. The lowest BCUT2D eigenvalue weighted by molar-refractivity contribution is -0.339. The van der Waals surface area contributed by atoms with E-state index in [9.17, 15) is 48.3 Å². The summed E-state index contributed by atoms with van der Waals surface area (Å²) < 4.78 is 50.0. The number of H-pyrrole nitrogens is 1. The van der Waals surface area contributed by atoms with Gasteiger partial charge < -0.3 is 49.3 Å². The number of aromatic amines is 1. The molecule has 0 radical (unpaired) electrons. The minimum atomic E-state index is -6.17. The number of aliphatic hydroxyl groups excluding tert-OH is 2. The van der Waals surface area contributed by atoms with E-state index in [1.807, 2.05) is 0 Å². The lowest BCUT2D eigenvalue weighted by Gasteiger charge is -2.37. The number of nitrogens with one attached hydrogen (secondary N) is 1. The first-order valence-electron chi connectivity index (χ1n) is 8.04. The molecule has 19 nitrogen and oxygen atoms in total. The Labute approximate surface area is 175 Å². The molecule has 1 fully saturated rings. The zero-order valence-electron chi connectivity index (χ0n) is 15.1. The van der Waals surface area contributed by atoms with E-state index >= 15 is 0 Å². The van der Waals surface area contributed by atoms with Gasteiger partial charge in [0, 0.05) is 0 Å². The van der Waals surface area contributed by atoms with Gasteiger partial charge in [0.1, 0.15) is 18.3 Å². The molecule has 6 unspecified atom stereocenters. The van der Waals surface area contributed by atoms with E-state index < -0.39 is 60.2 Å². The molecule has 3 rings (SSSR count). The highest BCUT2D eigenvalue weighted by Crippen LogP contribution is 2.60. The SMILES string of the molecule is Nc1nc2c(ncn2C2OC(COP(=O)([O-])OP(=O)([O-])OP(=O)([O-])[O-])C(O)C2O)c(=O)[nH]1. The number of hydrogen-bond acceptors (Lipinski definition) is 17. The van der Waals surface area contributed by atoms with Gasteiger partial charge in [-0.25, -0.2) is 9.29 Å². The van der Waals surface area contributed by atoms with Gasteiger partial charge in [-0.05, 0) is 0 Å². The number of nitrogens with two attached hydrogens (primary N) is 1. The van der Waals surface area contributed by atoms with Gasteiger partial charge in [-0.1, -0.05) is 0 Å². The molecule has 0 bridgehead atoms. The Bertz CT molecular complexity index is 1210. The van der Waals surface area contributed by atoms with Gasteiger partial charge in [0.25, 0.3) is 21.2 Å². The number of fused-ring (bicyclic) bond motifs is 1. The number of nitrogen functional groups attached to an aromatic ring is 1. The molecule has 0 saturated carbocycles. The second-order valence-electron chi connectivity index (χ2n) is 6.12. The quantitative estimate of drug-likeness (QED) is 0.237. The Morgan fingerprint density at radius 2 is 1.81 bits per heavy atom. The number of phosphoric acid groups is 3. The van der Waals surface area contributed by atoms with Crippen molar-refractivity contribution in [1.82, 2.24) is 19.5 Å². The fraction of sp³-hybridized carbons (Fsp3) is 0.500. The van der Waals surface area contributed by atoms with Crippen LogP contribution >= 0.6 is 23.5 Å². The number of hydrogen-bond donors (Lipinski definition) is 4. The molecule has 1 aliphatic heterocycles. The highest BCUT2D eigenvalue weighted by Gasteiger charge is 2.45. The van der Waals surface area contributed by atoms with E-state index in [2.05, 4.69) is 28.1 Å². The van der Waals surface area contributed by atoms with Gasteiger partial charge >= 0.3 is 0 Å². The largest absolute Gasteiger partial charge is 0.790 e. The Balaban J connectivity index is 1.72. The van der Waals surface area contributed by atoms with Crippen LogP contribution in [0.25, 0.3) is 11.2 Å². The summed E-state index contributed by atoms with van der Waals surface area (Å²) in [5.41, 5.74) is 4.40. The summed E-state index contributed by atoms with van der Waals surface area (Å²) in [4.78, 5) is 65.0. The number of imidazole rings is 1. The number of aromatic nitrogens is 4. The zero-order valence-corrected chi connectivity index (χ0v) is 17.8. The molecule has 1 aliphatic rings. The van der Waals surface area contributed by atoms with Gasteiger partial charge in [-0.15, -0.1) is 0 Å². The molecule has 180 valence electrons. The van der Waals surface area contributed by atoms with E-state index in [0.29, 0.717) is 0 Å². The molecule has 5 N–H and O–H groups in total. The zero-order chi connectivity index (χ0) is 24.1. The second kappa shape index (κ2) is 8.66. The summed E-state index contributed by atoms with van der Waals surface area (Å²) in [7, 11) is -18.2. The molecular formula is C10H12N5O14P3-4. The Morgan fingerprint density at radius 1 is 1.16 bits per heavy atom. The summed E-state index contributed by atoms with van der Waals surface area (Å²) in [6.45, 7) is -1.13. The number of phosphoric ester groups is 1. The van der Waals surface area contributed by atoms with Crippen LogP contribution in [0, 0.1) is 0 Å². The standard InChI is InChI=1S/C10H16N5O14P3/c11-10-13-7-4(8(18)14-10)12-2-15(7)9-6(17)5(16)3(27-9)1-26-31(22,23)29-32(24,25)28-30(19,20)21/h2-3,5-6,9,16-17H,1H2,(H,22,23)(H,24,25)(H2,19,20,21)(H3,11,13,14,18)/p-4. The summed E-state index contributed by atoms with van der Waals surface area (Å²) in [5.74, 6) is -0.299. The first kappa shape index (κ1) is 25.1. The highest BCUT2D eigenvalue weighted by molar-refractivity contribution is 7.64. The van der Waals surface area contributed by atoms with Gasteiger partial charge in [-0.3, -0.25) is 27.8 Å². The topological polar surface area (TPSA) is 310 Å². The highest BCUT2D eigenvalue weighted by atomic mass is 31.3. The fourth-order valence-electron chi connectivity index (χ4n) is 2.67. The van der Waals surface area contributed by atoms with Crippen LogP contribution in [0.1, 0.15) is 6.23 Å². The van der Waals surface area contributed by atoms with E-state index in [-0.39, 0.29) is 17.1 Å². The van der Waals surface area contributed by atoms with Crippen LogP contribution in [0.3, 0.4) is 0 Å². The molecule has 0 aliphatic carbocycles. The molecule has 0 amide bonds. The molecular weight excluding hydrogens is 507 g/mol. The average molecular weight is 519 g/mol. The maximum Gasteiger partial charge on any atom is 0.280 e. The maximum absolute atomic E-state index is 11.8. The minimum absolute atomic E-state index is 0.147. The van der Waals surface area contributed by atoms with Crippen LogP contribution < -0.4 is 30.9 Å². The molecule has 0 spiro atoms. The summed E-state index contributed by atoms with van der Waals surface area (Å²) in [6, 6.07) is 0. The summed E-state index contributed by atoms with van der Waals surface area (Å²) in [5, 5.41) is 20.3. The maximum atomic E-state index is 11.8. The van der Waals surface area contributed by atoms with Crippen molar-refractivity contribution in [3.8, 4) is 0 Å². The van der Waals surface area contributed by atoms with Crippen molar-refractivity contribution in [3.05, 3.63) is 16.7 Å². The van der Waals surface area contributed by atoms with Crippen molar-refractivity contribution >= 4 is 40.6 Å². The number of aliphatic hydroxyl groups is 2. The van der Waals surface area contributed by atoms with Crippen molar-refractivity contribution in [2.75, 3.05) is 12.3 Å². The number of anilines is 1. The van der Waals surface area contributed by atoms with Gasteiger partial charge in [-0.2, -0.15) is 4.98 Å². The van der Waals surface area contributed by atoms with Crippen molar-refractivity contribution in [3.63, 3.8) is 0 Å². The lowest BCUT2D eigenvalue weighted by Crippen LogP contribution is -2.34. The van der Waals surface area contributed by atoms with Crippen LogP contribution in [0.2, 0.25) is 0 Å². The monoisotopic (exact) mass is 519 g/mol. The Kier molecular flexibility index (Phi) is 6.78. The minimum Gasteiger partial charge on any atom is -0.790 e. The number of rotatable bonds is 8. The predicted octanol–water partition coefficient (Wildman–Crippen LogP) is -4.86. The van der Waals surface area contributed by atoms with Gasteiger partial charge in [0.05, 0.1) is 20.8 Å². The van der Waals surface area contributed by atoms with E-state index in [4.69, 9.17) is 10.5 Å². The molecule has 3 heterocycles. The van der Waals surface area contributed by atoms with Crippen molar-refractivity contribution in [2.24, 2.45) is 0 Å². The first-order valence-corrected chi connectivity index (χ1v) is 12.4. The third-order valence-electron chi connectivity index (χ3n) is 3.86. The third-order valence-corrected chi connectivity index (χ3v) is 7.52. The molecule has 32 heavy (non-hydrogen) atoms. The predicted molar refractivity (Wildman–Crippen MR) is 89.4 cm³/mol. The third kappa shape index (κ3) is 5.67. The Morgan fingerprint density at radius 3 is 2.44 bits per heavy atom. The summed E-state index contributed by atoms with van der Waals surface area (Å²) in [6.07, 6.45) is -5.61. The first-order chi connectivity index (χ1) is 14.6. The normalized spacial score (nSPS) is 27.9. The van der Waals surface area contributed by atoms with Crippen molar-refractivity contribution in [2.45, 2.75) is 24.5 Å². The molecule has 0 aromatic carbocycles. The van der Waals surface area contributed by atoms with Crippen LogP contribution in [-0.4, -0.2) is 54.7 Å². The molecule has 6 atom stereocenters. The molecule has 2 aromatic rings. The summed E-state index contributed by atoms with van der Waals surface area (Å²) >= 11 is 0. The van der Waals surface area contributed by atoms with Crippen LogP contribution in [0.4, 0.5) is 5.95 Å². The molecule has 1 saturated heterocycles. The molecule has 22 heteroatoms. The second-order valence-corrected chi connectivity index (χ2v) is 10.4. The van der Waals surface area contributed by atoms with Crippen LogP contribution in [-0.2, 0) is 31.6 Å². The van der Waals surface area contributed by atoms with Crippen LogP contribution in [0.15, 0.2) is 11.1 Å². The van der Waals surface area contributed by atoms with E-state index in [1.54, 1.807) is 0 Å². The van der Waals surface area contributed by atoms with E-state index in [0.717, 1.165) is 10.9 Å². The number of ether oxygens (including phenoxy) is 1.